The Morgan fingerprint density at radius 2 is 1.79 bits per heavy atom. The van der Waals surface area contributed by atoms with Crippen LogP contribution in [0.25, 0.3) is 11.4 Å². The molecular weight excluding hydrogens is 461 g/mol. The lowest BCUT2D eigenvalue weighted by molar-refractivity contribution is 0.102. The Balaban J connectivity index is 1.21. The summed E-state index contributed by atoms with van der Waals surface area (Å²) in [7, 11) is 0. The summed E-state index contributed by atoms with van der Waals surface area (Å²) in [6, 6.07) is 16.9. The fraction of sp³-hybridized carbons (Fsp3) is 0.0909. The van der Waals surface area contributed by atoms with Crippen molar-refractivity contribution in [2.24, 2.45) is 0 Å². The van der Waals surface area contributed by atoms with Crippen molar-refractivity contribution in [3.63, 3.8) is 0 Å². The summed E-state index contributed by atoms with van der Waals surface area (Å²) in [6.07, 6.45) is 3.34. The Kier molecular flexibility index (Phi) is 5.83. The van der Waals surface area contributed by atoms with Crippen LogP contribution in [0.1, 0.15) is 16.1 Å². The van der Waals surface area contributed by atoms with Gasteiger partial charge in [0.05, 0.1) is 6.54 Å². The standard InChI is InChI=1S/C22H17ClFN9O/c23-18-12-17(24)7-6-16(18)13-31-11-9-20(28-31)25-22(34)19-8-10-32(27-19)14-33-29-21(26-30-33)15-4-2-1-3-5-15/h1-12H,13-14H2,(H,25,28,34). The number of carbonyl (C=O) groups is 1. The van der Waals surface area contributed by atoms with E-state index in [0.717, 1.165) is 5.56 Å². The van der Waals surface area contributed by atoms with Crippen molar-refractivity contribution in [3.8, 4) is 11.4 Å². The largest absolute Gasteiger partial charge is 0.304 e. The van der Waals surface area contributed by atoms with Gasteiger partial charge in [-0.25, -0.2) is 9.07 Å². The Morgan fingerprint density at radius 3 is 2.62 bits per heavy atom. The second-order valence-corrected chi connectivity index (χ2v) is 7.73. The van der Waals surface area contributed by atoms with Crippen molar-refractivity contribution in [1.82, 2.24) is 39.8 Å². The molecule has 0 saturated heterocycles. The normalized spacial score (nSPS) is 11.0. The molecule has 170 valence electrons. The number of nitrogens with zero attached hydrogens (tertiary/aromatic N) is 8. The summed E-state index contributed by atoms with van der Waals surface area (Å²) >= 11 is 6.07. The predicted octanol–water partition coefficient (Wildman–Crippen LogP) is 3.33. The van der Waals surface area contributed by atoms with E-state index in [1.54, 1.807) is 35.3 Å². The highest BCUT2D eigenvalue weighted by molar-refractivity contribution is 6.31. The summed E-state index contributed by atoms with van der Waals surface area (Å²) in [5.41, 5.74) is 1.77. The molecule has 0 bridgehead atoms. The number of benzene rings is 2. The average Bonchev–Trinajstić information content (AvgIpc) is 3.58. The van der Waals surface area contributed by atoms with Crippen LogP contribution in [0.15, 0.2) is 73.1 Å². The minimum absolute atomic E-state index is 0.195. The van der Waals surface area contributed by atoms with Gasteiger partial charge in [0.15, 0.2) is 18.2 Å². The lowest BCUT2D eigenvalue weighted by atomic mass is 10.2. The third-order valence-electron chi connectivity index (χ3n) is 4.86. The first-order valence-electron chi connectivity index (χ1n) is 10.2. The van der Waals surface area contributed by atoms with Crippen LogP contribution in [-0.4, -0.2) is 45.7 Å². The third-order valence-corrected chi connectivity index (χ3v) is 5.21. The summed E-state index contributed by atoms with van der Waals surface area (Å²) in [5, 5.41) is 24.0. The highest BCUT2D eigenvalue weighted by Gasteiger charge is 2.13. The van der Waals surface area contributed by atoms with Gasteiger partial charge in [-0.3, -0.25) is 9.48 Å². The molecule has 0 saturated carbocycles. The van der Waals surface area contributed by atoms with Crippen LogP contribution in [0.5, 0.6) is 0 Å². The van der Waals surface area contributed by atoms with Crippen LogP contribution >= 0.6 is 11.6 Å². The molecule has 10 nitrogen and oxygen atoms in total. The van der Waals surface area contributed by atoms with E-state index in [1.807, 2.05) is 30.3 Å². The molecule has 0 unspecified atom stereocenters. The van der Waals surface area contributed by atoms with Gasteiger partial charge >= 0.3 is 0 Å². The smallest absolute Gasteiger partial charge is 0.277 e. The fourth-order valence-corrected chi connectivity index (χ4v) is 3.45. The molecule has 0 fully saturated rings. The Morgan fingerprint density at radius 1 is 0.971 bits per heavy atom. The van der Waals surface area contributed by atoms with Gasteiger partial charge in [0.1, 0.15) is 5.82 Å². The summed E-state index contributed by atoms with van der Waals surface area (Å²) in [5.74, 6) is 0.0321. The third kappa shape index (κ3) is 4.84. The monoisotopic (exact) mass is 477 g/mol. The lowest BCUT2D eigenvalue weighted by Crippen LogP contribution is -2.16. The maximum atomic E-state index is 13.2. The molecule has 34 heavy (non-hydrogen) atoms. The molecule has 3 heterocycles. The molecule has 0 atom stereocenters. The maximum Gasteiger partial charge on any atom is 0.277 e. The number of amides is 1. The van der Waals surface area contributed by atoms with E-state index in [0.29, 0.717) is 28.8 Å². The second-order valence-electron chi connectivity index (χ2n) is 7.32. The minimum Gasteiger partial charge on any atom is -0.304 e. The van der Waals surface area contributed by atoms with Gasteiger partial charge in [-0.05, 0) is 29.0 Å². The lowest BCUT2D eigenvalue weighted by Gasteiger charge is -2.05. The van der Waals surface area contributed by atoms with Gasteiger partial charge in [0, 0.05) is 29.0 Å². The van der Waals surface area contributed by atoms with Gasteiger partial charge in [0.2, 0.25) is 5.82 Å². The van der Waals surface area contributed by atoms with Crippen LogP contribution in [0.3, 0.4) is 0 Å². The number of rotatable bonds is 7. The molecule has 5 rings (SSSR count). The fourth-order valence-electron chi connectivity index (χ4n) is 3.22. The number of nitrogens with one attached hydrogen (secondary N) is 1. The first-order chi connectivity index (χ1) is 16.5. The molecule has 3 aromatic heterocycles. The maximum absolute atomic E-state index is 13.2. The van der Waals surface area contributed by atoms with Crippen molar-refractivity contribution in [1.29, 1.82) is 0 Å². The Labute approximate surface area is 197 Å². The molecule has 0 aliphatic carbocycles. The number of anilines is 1. The predicted molar refractivity (Wildman–Crippen MR) is 122 cm³/mol. The first kappa shape index (κ1) is 21.5. The van der Waals surface area contributed by atoms with Crippen LogP contribution in [0.4, 0.5) is 10.2 Å². The molecule has 5 aromatic rings. The van der Waals surface area contributed by atoms with Crippen LogP contribution < -0.4 is 5.32 Å². The van der Waals surface area contributed by atoms with Crippen LogP contribution in [0, 0.1) is 5.82 Å². The minimum atomic E-state index is -0.416. The first-order valence-corrected chi connectivity index (χ1v) is 10.6. The van der Waals surface area contributed by atoms with Crippen molar-refractivity contribution in [2.75, 3.05) is 5.32 Å². The van der Waals surface area contributed by atoms with E-state index in [1.165, 1.54) is 21.6 Å². The second kappa shape index (κ2) is 9.24. The Bertz CT molecular complexity index is 1440. The zero-order valence-electron chi connectivity index (χ0n) is 17.6. The molecule has 2 aromatic carbocycles. The highest BCUT2D eigenvalue weighted by atomic mass is 35.5. The van der Waals surface area contributed by atoms with Gasteiger partial charge in [-0.15, -0.1) is 15.0 Å². The number of halogens is 2. The number of aromatic nitrogens is 8. The number of hydrogen-bond donors (Lipinski definition) is 1. The number of tetrazole rings is 1. The molecule has 0 aliphatic heterocycles. The topological polar surface area (TPSA) is 108 Å². The van der Waals surface area contributed by atoms with Crippen molar-refractivity contribution < 1.29 is 9.18 Å². The number of hydrogen-bond acceptors (Lipinski definition) is 6. The Hall–Kier alpha value is -4.38. The average molecular weight is 478 g/mol. The van der Waals surface area contributed by atoms with Gasteiger partial charge in [-0.2, -0.15) is 10.2 Å². The zero-order chi connectivity index (χ0) is 23.5. The van der Waals surface area contributed by atoms with E-state index < -0.39 is 11.7 Å². The van der Waals surface area contributed by atoms with Crippen LogP contribution in [-0.2, 0) is 13.2 Å². The molecule has 1 N–H and O–H groups in total. The highest BCUT2D eigenvalue weighted by Crippen LogP contribution is 2.19. The van der Waals surface area contributed by atoms with Crippen molar-refractivity contribution in [2.45, 2.75) is 13.2 Å². The molecule has 12 heteroatoms. The molecule has 0 aliphatic rings. The van der Waals surface area contributed by atoms with Crippen molar-refractivity contribution >= 4 is 23.3 Å². The van der Waals surface area contributed by atoms with Crippen LogP contribution in [0.2, 0.25) is 5.02 Å². The molecule has 1 amide bonds. The SMILES string of the molecule is O=C(Nc1ccn(Cc2ccc(F)cc2Cl)n1)c1ccn(Cn2nnc(-c3ccccc3)n2)n1. The van der Waals surface area contributed by atoms with E-state index >= 15 is 0 Å². The summed E-state index contributed by atoms with van der Waals surface area (Å²) in [4.78, 5) is 14.0. The zero-order valence-corrected chi connectivity index (χ0v) is 18.3. The van der Waals surface area contributed by atoms with Gasteiger partial charge in [-0.1, -0.05) is 48.0 Å². The molecule has 0 spiro atoms. The van der Waals surface area contributed by atoms with E-state index in [4.69, 9.17) is 11.6 Å². The van der Waals surface area contributed by atoms with Crippen molar-refractivity contribution in [3.05, 3.63) is 95.2 Å². The number of carbonyl (C=O) groups excluding carboxylic acids is 1. The molecule has 0 radical (unpaired) electrons. The van der Waals surface area contributed by atoms with E-state index in [-0.39, 0.29) is 12.4 Å². The molecular formula is C22H17ClFN9O. The van der Waals surface area contributed by atoms with E-state index in [9.17, 15) is 9.18 Å². The van der Waals surface area contributed by atoms with Gasteiger partial charge < -0.3 is 5.32 Å². The quantitative estimate of drug-likeness (QED) is 0.385. The summed E-state index contributed by atoms with van der Waals surface area (Å²) < 4.78 is 16.3. The van der Waals surface area contributed by atoms with Gasteiger partial charge in [0.25, 0.3) is 5.91 Å². The summed E-state index contributed by atoms with van der Waals surface area (Å²) in [6.45, 7) is 0.527. The van der Waals surface area contributed by atoms with E-state index in [2.05, 4.69) is 30.9 Å².